The largest absolute Gasteiger partial charge is 0.456 e. The summed E-state index contributed by atoms with van der Waals surface area (Å²) in [4.78, 5) is 25.0. The van der Waals surface area contributed by atoms with E-state index in [4.69, 9.17) is 4.42 Å². The Labute approximate surface area is 173 Å². The van der Waals surface area contributed by atoms with E-state index >= 15 is 0 Å². The maximum atomic E-state index is 13.0. The second kappa shape index (κ2) is 7.95. The zero-order valence-electron chi connectivity index (χ0n) is 16.6. The van der Waals surface area contributed by atoms with Crippen LogP contribution < -0.4 is 10.7 Å². The first kappa shape index (κ1) is 19.6. The normalized spacial score (nSPS) is 11.1. The molecule has 0 aliphatic rings. The van der Waals surface area contributed by atoms with E-state index in [1.54, 1.807) is 18.2 Å². The van der Waals surface area contributed by atoms with Crippen LogP contribution in [0.4, 0.5) is 10.1 Å². The van der Waals surface area contributed by atoms with Gasteiger partial charge in [0.05, 0.1) is 5.39 Å². The van der Waals surface area contributed by atoms with E-state index in [0.717, 1.165) is 5.56 Å². The van der Waals surface area contributed by atoms with Crippen molar-refractivity contribution in [2.24, 2.45) is 0 Å². The molecule has 0 unspecified atom stereocenters. The Hall–Kier alpha value is -3.73. The Morgan fingerprint density at radius 1 is 0.933 bits per heavy atom. The number of amides is 1. The number of fused-ring (bicyclic) bond motifs is 1. The third kappa shape index (κ3) is 4.01. The molecule has 0 spiro atoms. The van der Waals surface area contributed by atoms with Crippen LogP contribution in [0, 0.1) is 5.82 Å². The second-order valence-electron chi connectivity index (χ2n) is 7.42. The van der Waals surface area contributed by atoms with E-state index in [9.17, 15) is 14.0 Å². The molecule has 4 aromatic rings. The number of rotatable bonds is 4. The summed E-state index contributed by atoms with van der Waals surface area (Å²) in [6.07, 6.45) is 0. The summed E-state index contributed by atoms with van der Waals surface area (Å²) in [7, 11) is 0. The average molecular weight is 401 g/mol. The Balaban J connectivity index is 1.63. The van der Waals surface area contributed by atoms with Gasteiger partial charge in [-0.2, -0.15) is 0 Å². The standard InChI is InChI=1S/C25H20FNO3/c1-15(2)16-3-5-17(6-4-16)24-14-22(28)21-13-20(11-12-23(21)30-24)27-25(29)18-7-9-19(26)10-8-18/h3-15H,1-2H3,(H,27,29). The van der Waals surface area contributed by atoms with Gasteiger partial charge in [0.15, 0.2) is 5.43 Å². The molecule has 0 saturated carbocycles. The van der Waals surface area contributed by atoms with Crippen molar-refractivity contribution >= 4 is 22.6 Å². The van der Waals surface area contributed by atoms with Crippen molar-refractivity contribution in [3.63, 3.8) is 0 Å². The van der Waals surface area contributed by atoms with Gasteiger partial charge in [-0.05, 0) is 53.9 Å². The van der Waals surface area contributed by atoms with Crippen LogP contribution in [0.3, 0.4) is 0 Å². The number of carbonyl (C=O) groups excluding carboxylic acids is 1. The fourth-order valence-corrected chi connectivity index (χ4v) is 3.21. The summed E-state index contributed by atoms with van der Waals surface area (Å²) < 4.78 is 19.0. The van der Waals surface area contributed by atoms with E-state index in [0.29, 0.717) is 33.9 Å². The summed E-state index contributed by atoms with van der Waals surface area (Å²) in [6, 6.07) is 19.5. The highest BCUT2D eigenvalue weighted by atomic mass is 19.1. The number of benzene rings is 3. The number of hydrogen-bond acceptors (Lipinski definition) is 3. The first-order valence-electron chi connectivity index (χ1n) is 9.66. The first-order chi connectivity index (χ1) is 14.4. The molecule has 0 atom stereocenters. The van der Waals surface area contributed by atoms with Gasteiger partial charge in [0.25, 0.3) is 5.91 Å². The summed E-state index contributed by atoms with van der Waals surface area (Å²) in [5.41, 5.74) is 3.06. The Morgan fingerprint density at radius 3 is 2.30 bits per heavy atom. The fourth-order valence-electron chi connectivity index (χ4n) is 3.21. The van der Waals surface area contributed by atoms with Crippen LogP contribution in [0.5, 0.6) is 0 Å². The van der Waals surface area contributed by atoms with Crippen LogP contribution in [-0.2, 0) is 0 Å². The van der Waals surface area contributed by atoms with E-state index in [2.05, 4.69) is 19.2 Å². The zero-order chi connectivity index (χ0) is 21.3. The first-order valence-corrected chi connectivity index (χ1v) is 9.66. The van der Waals surface area contributed by atoms with Crippen LogP contribution in [0.1, 0.15) is 35.7 Å². The average Bonchev–Trinajstić information content (AvgIpc) is 2.74. The van der Waals surface area contributed by atoms with E-state index in [-0.39, 0.29) is 11.3 Å². The van der Waals surface area contributed by atoms with Crippen molar-refractivity contribution in [3.8, 4) is 11.3 Å². The SMILES string of the molecule is CC(C)c1ccc(-c2cc(=O)c3cc(NC(=O)c4ccc(F)cc4)ccc3o2)cc1. The molecule has 1 N–H and O–H groups in total. The maximum Gasteiger partial charge on any atom is 0.255 e. The fraction of sp³-hybridized carbons (Fsp3) is 0.120. The van der Waals surface area contributed by atoms with Crippen molar-refractivity contribution in [1.82, 2.24) is 0 Å². The highest BCUT2D eigenvalue weighted by Crippen LogP contribution is 2.26. The van der Waals surface area contributed by atoms with Gasteiger partial charge < -0.3 is 9.73 Å². The molecule has 1 aromatic heterocycles. The van der Waals surface area contributed by atoms with Gasteiger partial charge in [-0.1, -0.05) is 38.1 Å². The van der Waals surface area contributed by atoms with Crippen LogP contribution in [0.2, 0.25) is 0 Å². The lowest BCUT2D eigenvalue weighted by atomic mass is 10.0. The number of nitrogens with one attached hydrogen (secondary N) is 1. The monoisotopic (exact) mass is 401 g/mol. The van der Waals surface area contributed by atoms with Gasteiger partial charge in [0.1, 0.15) is 17.2 Å². The molecule has 5 heteroatoms. The molecule has 0 bridgehead atoms. The summed E-state index contributed by atoms with van der Waals surface area (Å²) >= 11 is 0. The minimum atomic E-state index is -0.412. The van der Waals surface area contributed by atoms with Crippen molar-refractivity contribution in [3.05, 3.63) is 100.0 Å². The molecule has 0 aliphatic heterocycles. The molecular formula is C25H20FNO3. The molecule has 3 aromatic carbocycles. The Kier molecular flexibility index (Phi) is 5.19. The molecule has 150 valence electrons. The highest BCUT2D eigenvalue weighted by Gasteiger charge is 2.11. The molecule has 1 amide bonds. The lowest BCUT2D eigenvalue weighted by Gasteiger charge is -2.09. The lowest BCUT2D eigenvalue weighted by molar-refractivity contribution is 0.102. The molecule has 1 heterocycles. The maximum absolute atomic E-state index is 13.0. The van der Waals surface area contributed by atoms with Crippen LogP contribution >= 0.6 is 0 Å². The molecular weight excluding hydrogens is 381 g/mol. The lowest BCUT2D eigenvalue weighted by Crippen LogP contribution is -2.12. The Bertz CT molecular complexity index is 1270. The number of carbonyl (C=O) groups is 1. The highest BCUT2D eigenvalue weighted by molar-refractivity contribution is 6.05. The number of hydrogen-bond donors (Lipinski definition) is 1. The third-order valence-electron chi connectivity index (χ3n) is 4.95. The molecule has 0 radical (unpaired) electrons. The van der Waals surface area contributed by atoms with Crippen molar-refractivity contribution in [2.75, 3.05) is 5.32 Å². The van der Waals surface area contributed by atoms with Crippen LogP contribution in [0.15, 0.2) is 82.0 Å². The van der Waals surface area contributed by atoms with Gasteiger partial charge in [-0.15, -0.1) is 0 Å². The van der Waals surface area contributed by atoms with Crippen molar-refractivity contribution in [1.29, 1.82) is 0 Å². The predicted octanol–water partition coefficient (Wildman–Crippen LogP) is 5.97. The van der Waals surface area contributed by atoms with Gasteiger partial charge in [0.2, 0.25) is 0 Å². The van der Waals surface area contributed by atoms with E-state index in [1.165, 1.54) is 35.9 Å². The minimum Gasteiger partial charge on any atom is -0.456 e. The zero-order valence-corrected chi connectivity index (χ0v) is 16.6. The van der Waals surface area contributed by atoms with Gasteiger partial charge >= 0.3 is 0 Å². The summed E-state index contributed by atoms with van der Waals surface area (Å²) in [5, 5.41) is 3.09. The quantitative estimate of drug-likeness (QED) is 0.458. The predicted molar refractivity (Wildman–Crippen MR) is 116 cm³/mol. The van der Waals surface area contributed by atoms with Crippen LogP contribution in [0.25, 0.3) is 22.3 Å². The number of anilines is 1. The molecule has 4 rings (SSSR count). The minimum absolute atomic E-state index is 0.197. The molecule has 0 fully saturated rings. The third-order valence-corrected chi connectivity index (χ3v) is 4.95. The molecule has 0 saturated heterocycles. The van der Waals surface area contributed by atoms with Gasteiger partial charge in [-0.3, -0.25) is 9.59 Å². The van der Waals surface area contributed by atoms with Crippen molar-refractivity contribution in [2.45, 2.75) is 19.8 Å². The smallest absolute Gasteiger partial charge is 0.255 e. The second-order valence-corrected chi connectivity index (χ2v) is 7.42. The number of halogens is 1. The van der Waals surface area contributed by atoms with Crippen molar-refractivity contribution < 1.29 is 13.6 Å². The molecule has 0 aliphatic carbocycles. The van der Waals surface area contributed by atoms with E-state index in [1.807, 2.05) is 24.3 Å². The Morgan fingerprint density at radius 2 is 1.63 bits per heavy atom. The van der Waals surface area contributed by atoms with Gasteiger partial charge in [0, 0.05) is 22.9 Å². The topological polar surface area (TPSA) is 59.3 Å². The summed E-state index contributed by atoms with van der Waals surface area (Å²) in [6.45, 7) is 4.25. The summed E-state index contributed by atoms with van der Waals surface area (Å²) in [5.74, 6) is 0.113. The molecule has 30 heavy (non-hydrogen) atoms. The van der Waals surface area contributed by atoms with Crippen LogP contribution in [-0.4, -0.2) is 5.91 Å². The van der Waals surface area contributed by atoms with Gasteiger partial charge in [-0.25, -0.2) is 4.39 Å². The molecule has 4 nitrogen and oxygen atoms in total. The van der Waals surface area contributed by atoms with E-state index < -0.39 is 5.82 Å².